The summed E-state index contributed by atoms with van der Waals surface area (Å²) in [6, 6.07) is 1.25. The van der Waals surface area contributed by atoms with Gasteiger partial charge in [-0.25, -0.2) is 10.8 Å². The van der Waals surface area contributed by atoms with Gasteiger partial charge in [0, 0.05) is 0 Å². The van der Waals surface area contributed by atoms with E-state index in [0.717, 1.165) is 0 Å². The fourth-order valence-corrected chi connectivity index (χ4v) is 0.433. The summed E-state index contributed by atoms with van der Waals surface area (Å²) in [4.78, 5) is 20.0. The van der Waals surface area contributed by atoms with Crippen molar-refractivity contribution in [3.05, 3.63) is 0 Å². The molecule has 2 N–H and O–H groups in total. The number of carbonyl (C=O) groups is 2. The first kappa shape index (κ1) is 8.52. The van der Waals surface area contributed by atoms with Gasteiger partial charge in [0.1, 0.15) is 0 Å². The third kappa shape index (κ3) is 3.51. The second kappa shape index (κ2) is 4.40. The van der Waals surface area contributed by atoms with Crippen molar-refractivity contribution in [3.8, 4) is 0 Å². The van der Waals surface area contributed by atoms with Crippen LogP contribution in [0.3, 0.4) is 0 Å². The van der Waals surface area contributed by atoms with Gasteiger partial charge < -0.3 is 4.74 Å². The average molecular weight is 142 g/mol. The summed E-state index contributed by atoms with van der Waals surface area (Å²) in [6.07, 6.45) is 0.525. The minimum Gasteiger partial charge on any atom is -0.393 e. The predicted molar refractivity (Wildman–Crippen MR) is 30.8 cm³/mol. The van der Waals surface area contributed by atoms with Crippen molar-refractivity contribution in [2.75, 3.05) is 0 Å². The molecule has 0 spiro atoms. The second-order valence-electron chi connectivity index (χ2n) is 1.47. The number of cyclic esters (lactones) is 2. The molecular weight excluding hydrogens is 136 g/mol. The van der Waals surface area contributed by atoms with E-state index < -0.39 is 11.9 Å². The van der Waals surface area contributed by atoms with Crippen LogP contribution in [0.25, 0.3) is 0 Å². The molecule has 0 atom stereocenters. The van der Waals surface area contributed by atoms with Crippen LogP contribution in [0.4, 0.5) is 0 Å². The van der Waals surface area contributed by atoms with E-state index in [-0.39, 0.29) is 12.8 Å². The highest BCUT2D eigenvalue weighted by molar-refractivity contribution is 5.92. The molecule has 1 fully saturated rings. The second-order valence-corrected chi connectivity index (χ2v) is 1.47. The summed E-state index contributed by atoms with van der Waals surface area (Å²) in [7, 11) is 0. The summed E-state index contributed by atoms with van der Waals surface area (Å²) in [6.45, 7) is 0. The van der Waals surface area contributed by atoms with Crippen LogP contribution >= 0.6 is 0 Å². The average Bonchev–Trinajstić information content (AvgIpc) is 2.17. The van der Waals surface area contributed by atoms with E-state index in [0.29, 0.717) is 0 Å². The zero-order valence-corrected chi connectivity index (χ0v) is 5.14. The molecule has 0 amide bonds. The molecule has 5 heteroatoms. The Bertz CT molecular complexity index is 167. The first-order chi connectivity index (χ1) is 4.70. The van der Waals surface area contributed by atoms with Crippen LogP contribution in [0.15, 0.2) is 0 Å². The van der Waals surface area contributed by atoms with E-state index in [1.54, 1.807) is 0 Å². The fraction of sp³-hybridized carbons (Fsp3) is 0.400. The molecule has 0 aromatic heterocycles. The van der Waals surface area contributed by atoms with E-state index in [4.69, 9.17) is 10.8 Å². The van der Waals surface area contributed by atoms with Crippen LogP contribution in [0.5, 0.6) is 0 Å². The van der Waals surface area contributed by atoms with Crippen LogP contribution in [-0.4, -0.2) is 17.9 Å². The van der Waals surface area contributed by atoms with Gasteiger partial charge in [0.05, 0.1) is 18.9 Å². The molecule has 0 unspecified atom stereocenters. The molecular formula is C5H6N2O3. The molecule has 1 heterocycles. The monoisotopic (exact) mass is 142 g/mol. The van der Waals surface area contributed by atoms with Crippen molar-refractivity contribution >= 4 is 17.9 Å². The Morgan fingerprint density at radius 1 is 1.20 bits per heavy atom. The summed E-state index contributed by atoms with van der Waals surface area (Å²) < 4.78 is 4.08. The quantitative estimate of drug-likeness (QED) is 0.287. The largest absolute Gasteiger partial charge is 0.393 e. The van der Waals surface area contributed by atoms with Crippen molar-refractivity contribution in [2.24, 2.45) is 0 Å². The Kier molecular flexibility index (Phi) is 3.75. The maximum absolute atomic E-state index is 10.0. The predicted octanol–water partition coefficient (Wildman–Crippen LogP) is 0.168. The Morgan fingerprint density at radius 3 is 1.60 bits per heavy atom. The third-order valence-electron chi connectivity index (χ3n) is 0.761. The number of hydrogen-bond donors (Lipinski definition) is 2. The minimum absolute atomic E-state index is 0.263. The minimum atomic E-state index is -0.398. The van der Waals surface area contributed by atoms with Crippen LogP contribution in [0.1, 0.15) is 12.8 Å². The highest BCUT2D eigenvalue weighted by Gasteiger charge is 2.19. The lowest BCUT2D eigenvalue weighted by Gasteiger charge is -1.79. The van der Waals surface area contributed by atoms with Gasteiger partial charge in [-0.3, -0.25) is 9.59 Å². The van der Waals surface area contributed by atoms with Crippen molar-refractivity contribution in [1.29, 1.82) is 10.8 Å². The standard InChI is InChI=1S/C4H4O3.CH2N2/c5-3-1-2-4(6)7-3;2-1-3/h1-2H2;2-3H. The molecule has 0 saturated carbocycles. The zero-order chi connectivity index (χ0) is 7.98. The van der Waals surface area contributed by atoms with E-state index in [1.165, 1.54) is 6.01 Å². The number of carbonyl (C=O) groups excluding carboxylic acids is 2. The molecule has 54 valence electrons. The lowest BCUT2D eigenvalue weighted by molar-refractivity contribution is -0.151. The van der Waals surface area contributed by atoms with Crippen LogP contribution < -0.4 is 0 Å². The van der Waals surface area contributed by atoms with E-state index >= 15 is 0 Å². The molecule has 0 aromatic rings. The van der Waals surface area contributed by atoms with Crippen LogP contribution in [-0.2, 0) is 14.3 Å². The smallest absolute Gasteiger partial charge is 0.314 e. The van der Waals surface area contributed by atoms with E-state index in [9.17, 15) is 9.59 Å². The SMILES string of the molecule is N=C=N.O=C1CCC(=O)O1. The Labute approximate surface area is 57.0 Å². The Morgan fingerprint density at radius 2 is 1.50 bits per heavy atom. The lowest BCUT2D eigenvalue weighted by Crippen LogP contribution is -1.94. The molecule has 1 saturated heterocycles. The van der Waals surface area contributed by atoms with E-state index in [2.05, 4.69) is 4.74 Å². The molecule has 1 rings (SSSR count). The number of esters is 2. The molecule has 1 aliphatic rings. The topological polar surface area (TPSA) is 91.1 Å². The first-order valence-corrected chi connectivity index (χ1v) is 2.52. The number of nitrogens with one attached hydrogen (secondary N) is 2. The molecule has 0 bridgehead atoms. The third-order valence-corrected chi connectivity index (χ3v) is 0.761. The maximum atomic E-state index is 10.0. The fourth-order valence-electron chi connectivity index (χ4n) is 0.433. The van der Waals surface area contributed by atoms with Crippen LogP contribution in [0, 0.1) is 10.8 Å². The first-order valence-electron chi connectivity index (χ1n) is 2.52. The number of ether oxygens (including phenoxy) is 1. The summed E-state index contributed by atoms with van der Waals surface area (Å²) in [5, 5.41) is 11.2. The molecule has 0 aromatic carbocycles. The highest BCUT2D eigenvalue weighted by Crippen LogP contribution is 2.03. The van der Waals surface area contributed by atoms with E-state index in [1.807, 2.05) is 0 Å². The molecule has 1 aliphatic heterocycles. The molecule has 10 heavy (non-hydrogen) atoms. The molecule has 5 nitrogen and oxygen atoms in total. The lowest BCUT2D eigenvalue weighted by atomic mass is 10.4. The maximum Gasteiger partial charge on any atom is 0.314 e. The highest BCUT2D eigenvalue weighted by atomic mass is 16.6. The van der Waals surface area contributed by atoms with Gasteiger partial charge >= 0.3 is 11.9 Å². The van der Waals surface area contributed by atoms with Crippen molar-refractivity contribution in [3.63, 3.8) is 0 Å². The normalized spacial score (nSPS) is 14.8. The van der Waals surface area contributed by atoms with Crippen molar-refractivity contribution in [2.45, 2.75) is 12.8 Å². The van der Waals surface area contributed by atoms with Gasteiger partial charge in [0.25, 0.3) is 0 Å². The van der Waals surface area contributed by atoms with Gasteiger partial charge in [-0.15, -0.1) is 0 Å². The summed E-state index contributed by atoms with van der Waals surface area (Å²) in [5.74, 6) is -0.796. The zero-order valence-electron chi connectivity index (χ0n) is 5.14. The molecule has 0 radical (unpaired) electrons. The van der Waals surface area contributed by atoms with Gasteiger partial charge in [0.2, 0.25) is 0 Å². The van der Waals surface area contributed by atoms with Gasteiger partial charge in [-0.05, 0) is 0 Å². The van der Waals surface area contributed by atoms with Crippen molar-refractivity contribution < 1.29 is 14.3 Å². The van der Waals surface area contributed by atoms with Crippen LogP contribution in [0.2, 0.25) is 0 Å². The van der Waals surface area contributed by atoms with Gasteiger partial charge in [-0.2, -0.15) is 0 Å². The number of rotatable bonds is 0. The summed E-state index contributed by atoms with van der Waals surface area (Å²) >= 11 is 0. The van der Waals surface area contributed by atoms with Gasteiger partial charge in [0.15, 0.2) is 0 Å². The molecule has 0 aliphatic carbocycles. The summed E-state index contributed by atoms with van der Waals surface area (Å²) in [5.41, 5.74) is 0. The Hall–Kier alpha value is -1.48. The van der Waals surface area contributed by atoms with Crippen molar-refractivity contribution in [1.82, 2.24) is 0 Å². The Balaban J connectivity index is 0.000000236. The number of hydrogen-bond acceptors (Lipinski definition) is 5. The van der Waals surface area contributed by atoms with Gasteiger partial charge in [-0.1, -0.05) is 0 Å².